The molecule has 10 aromatic carbocycles. The summed E-state index contributed by atoms with van der Waals surface area (Å²) in [5, 5.41) is 2.24. The molecule has 7 heteroatoms. The number of anilines is 12. The van der Waals surface area contributed by atoms with Crippen LogP contribution in [0.1, 0.15) is 0 Å². The summed E-state index contributed by atoms with van der Waals surface area (Å²) in [7, 11) is 0. The third-order valence-electron chi connectivity index (χ3n) is 13.5. The minimum absolute atomic E-state index is 0.128. The highest BCUT2D eigenvalue weighted by atomic mass is 32.2. The van der Waals surface area contributed by atoms with E-state index in [1.807, 2.05) is 11.8 Å². The number of para-hydroxylation sites is 7. The van der Waals surface area contributed by atoms with Gasteiger partial charge in [-0.25, -0.2) is 0 Å². The van der Waals surface area contributed by atoms with Gasteiger partial charge in [0.25, 0.3) is 6.71 Å². The van der Waals surface area contributed by atoms with Crippen molar-refractivity contribution >= 4 is 125 Å². The molecule has 3 aliphatic heterocycles. The van der Waals surface area contributed by atoms with E-state index in [9.17, 15) is 0 Å². The van der Waals surface area contributed by atoms with Crippen molar-refractivity contribution in [1.29, 1.82) is 0 Å². The molecule has 11 aromatic rings. The molecule has 0 aliphatic carbocycles. The normalized spacial score (nSPS) is 13.2. The molecule has 0 unspecified atom stereocenters. The summed E-state index contributed by atoms with van der Waals surface area (Å²) in [5.74, 6) is 0. The molecule has 0 atom stereocenters. The number of nitrogens with zero attached hydrogens (tertiary/aromatic N) is 4. The maximum atomic E-state index is 6.73. The Morgan fingerprint density at radius 3 is 1.45 bits per heavy atom. The number of hydrogen-bond acceptors (Lipinski definition) is 6. The summed E-state index contributed by atoms with van der Waals surface area (Å²) >= 11 is 1.86. The highest BCUT2D eigenvalue weighted by molar-refractivity contribution is 7.99. The fourth-order valence-corrected chi connectivity index (χ4v) is 11.8. The predicted molar refractivity (Wildman–Crippen MR) is 281 cm³/mol. The van der Waals surface area contributed by atoms with Crippen molar-refractivity contribution < 1.29 is 4.42 Å². The number of rotatable bonds is 6. The average Bonchev–Trinajstić information content (AvgIpc) is 3.75. The van der Waals surface area contributed by atoms with E-state index in [1.54, 1.807) is 0 Å². The van der Waals surface area contributed by atoms with Crippen LogP contribution in [0.2, 0.25) is 0 Å². The lowest BCUT2D eigenvalue weighted by Crippen LogP contribution is -2.61. The van der Waals surface area contributed by atoms with Crippen molar-refractivity contribution in [3.63, 3.8) is 0 Å². The molecule has 0 radical (unpaired) electrons. The first kappa shape index (κ1) is 37.9. The van der Waals surface area contributed by atoms with E-state index in [4.69, 9.17) is 4.42 Å². The molecule has 3 aliphatic rings. The zero-order valence-corrected chi connectivity index (χ0v) is 37.0. The third kappa shape index (κ3) is 5.91. The Bertz CT molecular complexity index is 3660. The Morgan fingerprint density at radius 1 is 0.343 bits per heavy atom. The van der Waals surface area contributed by atoms with E-state index in [2.05, 4.69) is 256 Å². The number of furan rings is 1. The van der Waals surface area contributed by atoms with Gasteiger partial charge in [0.1, 0.15) is 11.2 Å². The van der Waals surface area contributed by atoms with Crippen LogP contribution in [0, 0.1) is 0 Å². The highest BCUT2D eigenvalue weighted by Crippen LogP contribution is 2.55. The van der Waals surface area contributed by atoms with Crippen LogP contribution in [0.5, 0.6) is 0 Å². The Labute approximate surface area is 393 Å². The van der Waals surface area contributed by atoms with Gasteiger partial charge in [-0.2, -0.15) is 0 Å². The molecule has 0 amide bonds. The highest BCUT2D eigenvalue weighted by Gasteiger charge is 2.45. The van der Waals surface area contributed by atoms with Gasteiger partial charge in [-0.3, -0.25) is 0 Å². The molecule has 314 valence electrons. The fraction of sp³-hybridized carbons (Fsp3) is 0. The van der Waals surface area contributed by atoms with Crippen LogP contribution in [0.25, 0.3) is 21.9 Å². The molecule has 4 heterocycles. The monoisotopic (exact) mass is 874 g/mol. The molecule has 67 heavy (non-hydrogen) atoms. The van der Waals surface area contributed by atoms with E-state index in [0.29, 0.717) is 0 Å². The van der Waals surface area contributed by atoms with E-state index in [-0.39, 0.29) is 6.71 Å². The quantitative estimate of drug-likeness (QED) is 0.154. The van der Waals surface area contributed by atoms with Crippen LogP contribution in [-0.4, -0.2) is 6.71 Å². The summed E-state index contributed by atoms with van der Waals surface area (Å²) in [6, 6.07) is 85.8. The average molecular weight is 875 g/mol. The lowest BCUT2D eigenvalue weighted by molar-refractivity contribution is 0.669. The SMILES string of the molecule is c1ccc(N(c2ccccc2)c2cc3c4c(c2)N(c2ccccc2)c2cc5oc6ccccc6c5cc2B4c2cc4c(cc2N3c2ccccc2)N(c2ccccc2)c2ccccc2S4)cc1. The second-order valence-electron chi connectivity index (χ2n) is 17.3. The van der Waals surface area contributed by atoms with Gasteiger partial charge in [0.2, 0.25) is 0 Å². The van der Waals surface area contributed by atoms with E-state index in [1.165, 1.54) is 31.9 Å². The van der Waals surface area contributed by atoms with Crippen LogP contribution in [0.4, 0.5) is 68.2 Å². The molecule has 0 fully saturated rings. The molecule has 1 aromatic heterocycles. The van der Waals surface area contributed by atoms with Crippen LogP contribution in [-0.2, 0) is 0 Å². The van der Waals surface area contributed by atoms with E-state index >= 15 is 0 Å². The third-order valence-corrected chi connectivity index (χ3v) is 14.6. The molecule has 0 saturated heterocycles. The van der Waals surface area contributed by atoms with Gasteiger partial charge in [-0.05, 0) is 120 Å². The first-order valence-corrected chi connectivity index (χ1v) is 23.6. The topological polar surface area (TPSA) is 26.1 Å². The van der Waals surface area contributed by atoms with E-state index < -0.39 is 0 Å². The Kier molecular flexibility index (Phi) is 8.55. The Balaban J connectivity index is 1.13. The number of fused-ring (bicyclic) bond motifs is 9. The minimum Gasteiger partial charge on any atom is -0.456 e. The molecule has 0 saturated carbocycles. The Morgan fingerprint density at radius 2 is 0.836 bits per heavy atom. The van der Waals surface area contributed by atoms with Crippen LogP contribution >= 0.6 is 11.8 Å². The molecular formula is C60H39BN4OS. The van der Waals surface area contributed by atoms with Crippen molar-refractivity contribution in [2.24, 2.45) is 0 Å². The molecule has 14 rings (SSSR count). The molecule has 0 spiro atoms. The fourth-order valence-electron chi connectivity index (χ4n) is 10.7. The zero-order valence-electron chi connectivity index (χ0n) is 36.2. The summed E-state index contributed by atoms with van der Waals surface area (Å²) < 4.78 is 6.73. The lowest BCUT2D eigenvalue weighted by Gasteiger charge is -2.45. The first-order valence-electron chi connectivity index (χ1n) is 22.8. The van der Waals surface area contributed by atoms with Gasteiger partial charge < -0.3 is 24.0 Å². The van der Waals surface area contributed by atoms with Crippen LogP contribution in [0.15, 0.2) is 251 Å². The second kappa shape index (κ2) is 15.1. The van der Waals surface area contributed by atoms with Crippen molar-refractivity contribution in [2.45, 2.75) is 9.79 Å². The van der Waals surface area contributed by atoms with Gasteiger partial charge in [0.15, 0.2) is 0 Å². The number of hydrogen-bond donors (Lipinski definition) is 0. The van der Waals surface area contributed by atoms with Crippen molar-refractivity contribution in [2.75, 3.05) is 19.6 Å². The second-order valence-corrected chi connectivity index (χ2v) is 18.4. The lowest BCUT2D eigenvalue weighted by atomic mass is 9.33. The van der Waals surface area contributed by atoms with Gasteiger partial charge in [0.05, 0.1) is 17.1 Å². The van der Waals surface area contributed by atoms with E-state index in [0.717, 1.165) is 84.5 Å². The largest absolute Gasteiger partial charge is 0.456 e. The van der Waals surface area contributed by atoms with Gasteiger partial charge in [-0.1, -0.05) is 139 Å². The van der Waals surface area contributed by atoms with Gasteiger partial charge in [0, 0.05) is 77.8 Å². The maximum absolute atomic E-state index is 6.73. The van der Waals surface area contributed by atoms with Gasteiger partial charge in [-0.15, -0.1) is 0 Å². The first-order chi connectivity index (χ1) is 33.2. The zero-order chi connectivity index (χ0) is 44.0. The van der Waals surface area contributed by atoms with Crippen molar-refractivity contribution in [3.8, 4) is 0 Å². The molecule has 0 N–H and O–H groups in total. The molecular weight excluding hydrogens is 836 g/mol. The summed E-state index contributed by atoms with van der Waals surface area (Å²) in [4.78, 5) is 12.3. The number of benzene rings is 10. The molecule has 5 nitrogen and oxygen atoms in total. The van der Waals surface area contributed by atoms with Crippen LogP contribution in [0.3, 0.4) is 0 Å². The van der Waals surface area contributed by atoms with Gasteiger partial charge >= 0.3 is 0 Å². The maximum Gasteiger partial charge on any atom is 0.252 e. The minimum atomic E-state index is -0.128. The standard InChI is InChI=1S/C60H39BN4OS/c1-6-20-40(21-7-1)62(41-22-8-2-9-23-41)45-34-54-60-55(35-45)65(44-28-14-5-15-29-44)52-39-57-47(46-30-16-18-32-56(46)66-57)36-48(52)61(60)49-37-59-53(38-51(49)64(54)43-26-12-4-13-27-43)63(42-24-10-3-11-25-42)50-31-17-19-33-58(50)67-59/h1-39H. The van der Waals surface area contributed by atoms with Crippen molar-refractivity contribution in [3.05, 3.63) is 237 Å². The predicted octanol–water partition coefficient (Wildman–Crippen LogP) is 15.1. The van der Waals surface area contributed by atoms with Crippen molar-refractivity contribution in [1.82, 2.24) is 0 Å². The Hall–Kier alpha value is -8.39. The summed E-state index contributed by atoms with van der Waals surface area (Å²) in [5.41, 5.74) is 18.8. The summed E-state index contributed by atoms with van der Waals surface area (Å²) in [6.45, 7) is -0.128. The van der Waals surface area contributed by atoms with Crippen LogP contribution < -0.4 is 36.0 Å². The smallest absolute Gasteiger partial charge is 0.252 e. The molecule has 0 bridgehead atoms. The summed E-state index contributed by atoms with van der Waals surface area (Å²) in [6.07, 6.45) is 0.